The molecule has 0 spiro atoms. The minimum Gasteiger partial charge on any atom is -0.282 e. The second-order valence-corrected chi connectivity index (χ2v) is 2.68. The van der Waals surface area contributed by atoms with Crippen molar-refractivity contribution in [1.29, 1.82) is 0 Å². The minimum atomic E-state index is 0.274. The molecule has 4 heteroatoms. The smallest absolute Gasteiger partial charge is 0.282 e. The molecule has 1 aliphatic heterocycles. The summed E-state index contributed by atoms with van der Waals surface area (Å²) in [5.41, 5.74) is 5.27. The summed E-state index contributed by atoms with van der Waals surface area (Å²) in [6.45, 7) is 4.21. The van der Waals surface area contributed by atoms with Crippen molar-refractivity contribution < 1.29 is 0 Å². The third-order valence-electron chi connectivity index (χ3n) is 1.10. The monoisotopic (exact) mass is 139 g/mol. The van der Waals surface area contributed by atoms with Gasteiger partial charge in [0.1, 0.15) is 5.84 Å². The van der Waals surface area contributed by atoms with Gasteiger partial charge in [-0.3, -0.25) is 5.73 Å². The van der Waals surface area contributed by atoms with Crippen LogP contribution in [-0.4, -0.2) is 5.84 Å². The van der Waals surface area contributed by atoms with E-state index >= 15 is 0 Å². The standard InChI is InChI=1S/C6H11N4/c1-4(2)3-5-8-6(7)10-9-5/h4H,3,7H2,1-2H3. The summed E-state index contributed by atoms with van der Waals surface area (Å²) in [6, 6.07) is 0. The highest BCUT2D eigenvalue weighted by atomic mass is 15.3. The van der Waals surface area contributed by atoms with Gasteiger partial charge in [-0.2, -0.15) is 0 Å². The van der Waals surface area contributed by atoms with E-state index in [1.165, 1.54) is 0 Å². The van der Waals surface area contributed by atoms with Crippen molar-refractivity contribution in [2.45, 2.75) is 20.3 Å². The van der Waals surface area contributed by atoms with Crippen molar-refractivity contribution in [3.8, 4) is 0 Å². The van der Waals surface area contributed by atoms with Crippen LogP contribution < -0.4 is 5.73 Å². The lowest BCUT2D eigenvalue weighted by Gasteiger charge is -1.98. The molecule has 0 aromatic carbocycles. The summed E-state index contributed by atoms with van der Waals surface area (Å²) >= 11 is 0. The fourth-order valence-corrected chi connectivity index (χ4v) is 0.738. The number of hydrogen-bond donors (Lipinski definition) is 1. The minimum absolute atomic E-state index is 0.274. The molecule has 2 N–H and O–H groups in total. The third-order valence-corrected chi connectivity index (χ3v) is 1.10. The Morgan fingerprint density at radius 3 is 2.50 bits per heavy atom. The van der Waals surface area contributed by atoms with Crippen molar-refractivity contribution in [2.75, 3.05) is 0 Å². The number of aliphatic imine (C=N–C) groups is 1. The Morgan fingerprint density at radius 2 is 2.10 bits per heavy atom. The summed E-state index contributed by atoms with van der Waals surface area (Å²) in [4.78, 5) is 3.91. The van der Waals surface area contributed by atoms with Gasteiger partial charge in [0, 0.05) is 6.42 Å². The molecular weight excluding hydrogens is 128 g/mol. The molecule has 0 aromatic rings. The van der Waals surface area contributed by atoms with Crippen LogP contribution in [0.15, 0.2) is 15.2 Å². The van der Waals surface area contributed by atoms with E-state index in [4.69, 9.17) is 5.73 Å². The number of nitrogens with two attached hydrogens (primary N) is 1. The van der Waals surface area contributed by atoms with Crippen LogP contribution in [0.25, 0.3) is 0 Å². The predicted molar refractivity (Wildman–Crippen MR) is 39.2 cm³/mol. The quantitative estimate of drug-likeness (QED) is 0.615. The Morgan fingerprint density at radius 1 is 1.40 bits per heavy atom. The predicted octanol–water partition coefficient (Wildman–Crippen LogP) is 1.30. The van der Waals surface area contributed by atoms with Gasteiger partial charge in [0.2, 0.25) is 0 Å². The van der Waals surface area contributed by atoms with E-state index in [9.17, 15) is 0 Å². The molecule has 0 aliphatic carbocycles. The third kappa shape index (κ3) is 1.88. The molecule has 1 heterocycles. The zero-order valence-electron chi connectivity index (χ0n) is 6.20. The Labute approximate surface area is 60.2 Å². The molecule has 0 saturated heterocycles. The topological polar surface area (TPSA) is 63.1 Å². The molecule has 10 heavy (non-hydrogen) atoms. The zero-order chi connectivity index (χ0) is 7.56. The number of nitrogens with zero attached hydrogens (tertiary/aromatic N) is 3. The Bertz CT molecular complexity index is 171. The Kier molecular flexibility index (Phi) is 2.11. The van der Waals surface area contributed by atoms with Gasteiger partial charge in [0.15, 0.2) is 0 Å². The molecule has 4 nitrogen and oxygen atoms in total. The normalized spacial score (nSPS) is 18.6. The van der Waals surface area contributed by atoms with E-state index in [1.54, 1.807) is 0 Å². The molecule has 0 unspecified atom stereocenters. The second kappa shape index (κ2) is 2.88. The highest BCUT2D eigenvalue weighted by molar-refractivity contribution is 5.84. The van der Waals surface area contributed by atoms with Crippen molar-refractivity contribution in [2.24, 2.45) is 26.9 Å². The first-order valence-electron chi connectivity index (χ1n) is 3.30. The largest absolute Gasteiger partial charge is 0.285 e. The van der Waals surface area contributed by atoms with Crippen LogP contribution in [0.3, 0.4) is 0 Å². The van der Waals surface area contributed by atoms with Gasteiger partial charge < -0.3 is 0 Å². The molecule has 0 saturated carbocycles. The molecule has 1 rings (SSSR count). The number of amidine groups is 1. The van der Waals surface area contributed by atoms with E-state index in [2.05, 4.69) is 29.1 Å². The SMILES string of the molecule is CC(C)CC1=N[C](N)N=N1. The molecule has 0 aromatic heterocycles. The van der Waals surface area contributed by atoms with Crippen LogP contribution >= 0.6 is 0 Å². The van der Waals surface area contributed by atoms with Crippen molar-refractivity contribution in [1.82, 2.24) is 0 Å². The van der Waals surface area contributed by atoms with Gasteiger partial charge in [-0.1, -0.05) is 13.8 Å². The maximum Gasteiger partial charge on any atom is 0.285 e. The van der Waals surface area contributed by atoms with E-state index < -0.39 is 0 Å². The van der Waals surface area contributed by atoms with E-state index in [1.807, 2.05) is 0 Å². The van der Waals surface area contributed by atoms with E-state index in [0.29, 0.717) is 5.92 Å². The first-order chi connectivity index (χ1) is 4.68. The lowest BCUT2D eigenvalue weighted by molar-refractivity contribution is 0.681. The van der Waals surface area contributed by atoms with Crippen LogP contribution in [0, 0.1) is 12.2 Å². The second-order valence-electron chi connectivity index (χ2n) is 2.68. The number of hydrogen-bond acceptors (Lipinski definition) is 4. The molecule has 55 valence electrons. The maximum absolute atomic E-state index is 5.27. The fourth-order valence-electron chi connectivity index (χ4n) is 0.738. The van der Waals surface area contributed by atoms with Crippen LogP contribution in [-0.2, 0) is 0 Å². The molecule has 0 bridgehead atoms. The van der Waals surface area contributed by atoms with Gasteiger partial charge in [0.05, 0.1) is 0 Å². The lowest BCUT2D eigenvalue weighted by atomic mass is 10.1. The average molecular weight is 139 g/mol. The van der Waals surface area contributed by atoms with E-state index in [0.717, 1.165) is 12.3 Å². The molecule has 0 atom stereocenters. The van der Waals surface area contributed by atoms with Gasteiger partial charge in [-0.05, 0) is 5.92 Å². The summed E-state index contributed by atoms with van der Waals surface area (Å²) in [6.07, 6.45) is 1.13. The van der Waals surface area contributed by atoms with E-state index in [-0.39, 0.29) is 6.29 Å². The highest BCUT2D eigenvalue weighted by Gasteiger charge is 2.11. The van der Waals surface area contributed by atoms with Gasteiger partial charge in [0.25, 0.3) is 6.29 Å². The molecule has 1 aliphatic rings. The van der Waals surface area contributed by atoms with Crippen molar-refractivity contribution >= 4 is 5.84 Å². The van der Waals surface area contributed by atoms with Gasteiger partial charge in [-0.15, -0.1) is 10.2 Å². The Balaban J connectivity index is 2.44. The highest BCUT2D eigenvalue weighted by Crippen LogP contribution is 2.12. The number of azo groups is 1. The van der Waals surface area contributed by atoms with Crippen LogP contribution in [0.5, 0.6) is 0 Å². The molecule has 0 amide bonds. The summed E-state index contributed by atoms with van der Waals surface area (Å²) in [5.74, 6) is 1.30. The summed E-state index contributed by atoms with van der Waals surface area (Å²) in [5, 5.41) is 7.36. The molecular formula is C6H11N4. The first kappa shape index (κ1) is 7.34. The molecule has 1 radical (unpaired) electrons. The van der Waals surface area contributed by atoms with Crippen LogP contribution in [0.4, 0.5) is 0 Å². The average Bonchev–Trinajstić information content (AvgIpc) is 2.13. The summed E-state index contributed by atoms with van der Waals surface area (Å²) < 4.78 is 0. The summed E-state index contributed by atoms with van der Waals surface area (Å²) in [7, 11) is 0. The van der Waals surface area contributed by atoms with Gasteiger partial charge >= 0.3 is 0 Å². The number of rotatable bonds is 2. The van der Waals surface area contributed by atoms with Crippen LogP contribution in [0.1, 0.15) is 20.3 Å². The first-order valence-corrected chi connectivity index (χ1v) is 3.30. The zero-order valence-corrected chi connectivity index (χ0v) is 6.20. The van der Waals surface area contributed by atoms with Crippen molar-refractivity contribution in [3.05, 3.63) is 6.29 Å². The lowest BCUT2D eigenvalue weighted by Crippen LogP contribution is -2.01. The fraction of sp³-hybridized carbons (Fsp3) is 0.667. The molecule has 0 fully saturated rings. The van der Waals surface area contributed by atoms with Crippen molar-refractivity contribution in [3.63, 3.8) is 0 Å². The maximum atomic E-state index is 5.27. The van der Waals surface area contributed by atoms with Gasteiger partial charge in [-0.25, -0.2) is 4.99 Å². The Hall–Kier alpha value is -0.770. The van der Waals surface area contributed by atoms with Crippen LogP contribution in [0.2, 0.25) is 0 Å².